The lowest BCUT2D eigenvalue weighted by Gasteiger charge is -2.26. The van der Waals surface area contributed by atoms with Crippen LogP contribution in [0.2, 0.25) is 0 Å². The van der Waals surface area contributed by atoms with Crippen LogP contribution in [0.25, 0.3) is 0 Å². The topological polar surface area (TPSA) is 91.2 Å². The second kappa shape index (κ2) is 6.73. The first-order valence-electron chi connectivity index (χ1n) is 6.42. The average molecular weight is 307 g/mol. The highest BCUT2D eigenvalue weighted by atomic mass is 32.2. The van der Waals surface area contributed by atoms with Gasteiger partial charge in [0.25, 0.3) is 5.22 Å². The molecule has 1 unspecified atom stereocenters. The van der Waals surface area contributed by atoms with E-state index in [2.05, 4.69) is 10.2 Å². The molecule has 0 aliphatic heterocycles. The Hall–Kier alpha value is -1.86. The van der Waals surface area contributed by atoms with Gasteiger partial charge >= 0.3 is 5.97 Å². The van der Waals surface area contributed by atoms with E-state index < -0.39 is 11.5 Å². The number of rotatable bonds is 6. The summed E-state index contributed by atoms with van der Waals surface area (Å²) in [5, 5.41) is 8.11. The molecule has 0 saturated carbocycles. The molecule has 2 aromatic rings. The Morgan fingerprint density at radius 3 is 2.67 bits per heavy atom. The molecule has 1 aromatic carbocycles. The molecule has 0 aliphatic carbocycles. The quantitative estimate of drug-likeness (QED) is 0.643. The molecule has 0 aliphatic rings. The Balaban J connectivity index is 2.08. The first kappa shape index (κ1) is 15.5. The number of aryl methyl sites for hydroxylation is 1. The normalized spacial score (nSPS) is 13.7. The minimum absolute atomic E-state index is 0.399. The zero-order chi connectivity index (χ0) is 15.3. The number of benzene rings is 1. The fourth-order valence-corrected chi connectivity index (χ4v) is 2.79. The minimum Gasteiger partial charge on any atom is -0.467 e. The Labute approximate surface area is 127 Å². The van der Waals surface area contributed by atoms with Crippen LogP contribution >= 0.6 is 11.8 Å². The van der Waals surface area contributed by atoms with Gasteiger partial charge in [0.05, 0.1) is 7.11 Å². The first-order chi connectivity index (χ1) is 10.1. The van der Waals surface area contributed by atoms with Crippen LogP contribution in [0.3, 0.4) is 0 Å². The fraction of sp³-hybridized carbons (Fsp3) is 0.357. The van der Waals surface area contributed by atoms with E-state index in [-0.39, 0.29) is 0 Å². The van der Waals surface area contributed by atoms with Crippen LogP contribution in [0.5, 0.6) is 0 Å². The van der Waals surface area contributed by atoms with Crippen molar-refractivity contribution < 1.29 is 13.9 Å². The third-order valence-electron chi connectivity index (χ3n) is 3.07. The van der Waals surface area contributed by atoms with E-state index in [1.165, 1.54) is 18.9 Å². The molecule has 2 rings (SSSR count). The molecule has 0 bridgehead atoms. The van der Waals surface area contributed by atoms with Crippen LogP contribution in [-0.4, -0.2) is 29.0 Å². The molecule has 0 saturated heterocycles. The van der Waals surface area contributed by atoms with Crippen LogP contribution in [0, 0.1) is 6.92 Å². The third kappa shape index (κ3) is 3.62. The van der Waals surface area contributed by atoms with Crippen LogP contribution in [-0.2, 0) is 15.1 Å². The van der Waals surface area contributed by atoms with E-state index in [0.29, 0.717) is 23.3 Å². The van der Waals surface area contributed by atoms with Gasteiger partial charge in [0.15, 0.2) is 0 Å². The number of ether oxygens (including phenoxy) is 1. The lowest BCUT2D eigenvalue weighted by atomic mass is 9.88. The Kier molecular flexibility index (Phi) is 4.98. The van der Waals surface area contributed by atoms with Crippen molar-refractivity contribution in [2.45, 2.75) is 24.1 Å². The van der Waals surface area contributed by atoms with Crippen LogP contribution < -0.4 is 5.73 Å². The fourth-order valence-electron chi connectivity index (χ4n) is 1.92. The monoisotopic (exact) mass is 307 g/mol. The SMILES string of the molecule is COC(=O)C(N)(CCSc1nnc(C)o1)c1ccccc1. The van der Waals surface area contributed by atoms with Crippen molar-refractivity contribution in [1.82, 2.24) is 10.2 Å². The predicted molar refractivity (Wildman–Crippen MR) is 78.7 cm³/mol. The number of aromatic nitrogens is 2. The number of hydrogen-bond donors (Lipinski definition) is 1. The van der Waals surface area contributed by atoms with Gasteiger partial charge < -0.3 is 14.9 Å². The molecule has 21 heavy (non-hydrogen) atoms. The number of methoxy groups -OCH3 is 1. The van der Waals surface area contributed by atoms with E-state index in [9.17, 15) is 4.79 Å². The molecule has 1 atom stereocenters. The van der Waals surface area contributed by atoms with E-state index in [0.717, 1.165) is 5.56 Å². The number of carbonyl (C=O) groups excluding carboxylic acids is 1. The van der Waals surface area contributed by atoms with Crippen LogP contribution in [0.15, 0.2) is 40.0 Å². The van der Waals surface area contributed by atoms with Gasteiger partial charge in [0.1, 0.15) is 5.54 Å². The van der Waals surface area contributed by atoms with Crippen molar-refractivity contribution in [3.8, 4) is 0 Å². The Morgan fingerprint density at radius 2 is 2.10 bits per heavy atom. The van der Waals surface area contributed by atoms with Crippen molar-refractivity contribution in [2.24, 2.45) is 5.73 Å². The zero-order valence-corrected chi connectivity index (χ0v) is 12.7. The first-order valence-corrected chi connectivity index (χ1v) is 7.40. The molecule has 1 aromatic heterocycles. The minimum atomic E-state index is -1.18. The van der Waals surface area contributed by atoms with Gasteiger partial charge in [0, 0.05) is 12.7 Å². The number of nitrogens with zero attached hydrogens (tertiary/aromatic N) is 2. The van der Waals surface area contributed by atoms with Crippen molar-refractivity contribution >= 4 is 17.7 Å². The summed E-state index contributed by atoms with van der Waals surface area (Å²) in [6.07, 6.45) is 0.399. The number of thioether (sulfide) groups is 1. The van der Waals surface area contributed by atoms with E-state index >= 15 is 0 Å². The van der Waals surface area contributed by atoms with Crippen LogP contribution in [0.1, 0.15) is 17.9 Å². The van der Waals surface area contributed by atoms with Gasteiger partial charge in [-0.15, -0.1) is 10.2 Å². The molecule has 0 spiro atoms. The summed E-state index contributed by atoms with van der Waals surface area (Å²) in [7, 11) is 1.33. The lowest BCUT2D eigenvalue weighted by Crippen LogP contribution is -2.46. The molecular formula is C14H17N3O3S. The molecule has 2 N–H and O–H groups in total. The standard InChI is InChI=1S/C14H17N3O3S/c1-10-16-17-13(20-10)21-9-8-14(15,12(18)19-2)11-6-4-3-5-7-11/h3-7H,8-9,15H2,1-2H3. The highest BCUT2D eigenvalue weighted by Gasteiger charge is 2.36. The van der Waals surface area contributed by atoms with Crippen molar-refractivity contribution in [3.05, 3.63) is 41.8 Å². The van der Waals surface area contributed by atoms with Gasteiger partial charge in [-0.25, -0.2) is 4.79 Å². The summed E-state index contributed by atoms with van der Waals surface area (Å²) in [6.45, 7) is 1.72. The van der Waals surface area contributed by atoms with Crippen molar-refractivity contribution in [1.29, 1.82) is 0 Å². The second-order valence-corrected chi connectivity index (χ2v) is 5.56. The third-order valence-corrected chi connectivity index (χ3v) is 3.89. The molecule has 7 heteroatoms. The molecule has 0 amide bonds. The maximum atomic E-state index is 12.1. The molecule has 1 heterocycles. The maximum Gasteiger partial charge on any atom is 0.330 e. The highest BCUT2D eigenvalue weighted by Crippen LogP contribution is 2.27. The van der Waals surface area contributed by atoms with Crippen molar-refractivity contribution in [2.75, 3.05) is 12.9 Å². The summed E-state index contributed by atoms with van der Waals surface area (Å²) in [5.74, 6) is 0.603. The van der Waals surface area contributed by atoms with E-state index in [1.807, 2.05) is 30.3 Å². The zero-order valence-electron chi connectivity index (χ0n) is 11.9. The van der Waals surface area contributed by atoms with Gasteiger partial charge in [0.2, 0.25) is 5.89 Å². The van der Waals surface area contributed by atoms with Gasteiger partial charge in [-0.3, -0.25) is 0 Å². The summed E-state index contributed by atoms with van der Waals surface area (Å²) < 4.78 is 10.1. The van der Waals surface area contributed by atoms with Gasteiger partial charge in [-0.1, -0.05) is 42.1 Å². The molecule has 0 fully saturated rings. The predicted octanol–water partition coefficient (Wildman–Crippen LogP) is 1.89. The Bertz CT molecular complexity index is 603. The van der Waals surface area contributed by atoms with E-state index in [4.69, 9.17) is 14.9 Å². The molecular weight excluding hydrogens is 290 g/mol. The second-order valence-electron chi connectivity index (χ2n) is 4.51. The van der Waals surface area contributed by atoms with Gasteiger partial charge in [-0.05, 0) is 12.0 Å². The largest absolute Gasteiger partial charge is 0.467 e. The van der Waals surface area contributed by atoms with Gasteiger partial charge in [-0.2, -0.15) is 0 Å². The van der Waals surface area contributed by atoms with Crippen LogP contribution in [0.4, 0.5) is 0 Å². The molecule has 112 valence electrons. The number of hydrogen-bond acceptors (Lipinski definition) is 7. The summed E-state index contributed by atoms with van der Waals surface area (Å²) in [6, 6.07) is 9.19. The molecule has 6 nitrogen and oxygen atoms in total. The Morgan fingerprint density at radius 1 is 1.38 bits per heavy atom. The highest BCUT2D eigenvalue weighted by molar-refractivity contribution is 7.99. The lowest BCUT2D eigenvalue weighted by molar-refractivity contribution is -0.147. The smallest absolute Gasteiger partial charge is 0.330 e. The summed E-state index contributed by atoms with van der Waals surface area (Å²) in [4.78, 5) is 12.1. The van der Waals surface area contributed by atoms with Crippen molar-refractivity contribution in [3.63, 3.8) is 0 Å². The summed E-state index contributed by atoms with van der Waals surface area (Å²) in [5.41, 5.74) is 5.83. The number of esters is 1. The number of nitrogens with two attached hydrogens (primary N) is 1. The number of carbonyl (C=O) groups is 1. The molecule has 0 radical (unpaired) electrons. The summed E-state index contributed by atoms with van der Waals surface area (Å²) >= 11 is 1.36. The van der Waals surface area contributed by atoms with E-state index in [1.54, 1.807) is 6.92 Å². The maximum absolute atomic E-state index is 12.1. The average Bonchev–Trinajstić information content (AvgIpc) is 2.92.